The highest BCUT2D eigenvalue weighted by Gasteiger charge is 2.39. The van der Waals surface area contributed by atoms with E-state index < -0.39 is 13.0 Å². The van der Waals surface area contributed by atoms with Gasteiger partial charge in [0.2, 0.25) is 11.8 Å². The van der Waals surface area contributed by atoms with Gasteiger partial charge in [-0.2, -0.15) is 5.10 Å². The number of aromatic nitrogens is 2. The Labute approximate surface area is 160 Å². The molecule has 6 nitrogen and oxygen atoms in total. The SMILES string of the molecule is C=N/N=C(\OCC(F)F)c1cnc(NC2(c3ccc(Cl)cc3)CCC2)nc1. The Morgan fingerprint density at radius 2 is 1.93 bits per heavy atom. The number of rotatable bonds is 7. The van der Waals surface area contributed by atoms with E-state index in [0.29, 0.717) is 16.5 Å². The molecule has 27 heavy (non-hydrogen) atoms. The Balaban J connectivity index is 1.75. The molecule has 0 aliphatic heterocycles. The van der Waals surface area contributed by atoms with Crippen molar-refractivity contribution in [2.75, 3.05) is 11.9 Å². The van der Waals surface area contributed by atoms with Crippen LogP contribution in [0.5, 0.6) is 0 Å². The number of halogens is 3. The summed E-state index contributed by atoms with van der Waals surface area (Å²) in [6, 6.07) is 7.69. The van der Waals surface area contributed by atoms with Crippen molar-refractivity contribution in [1.82, 2.24) is 9.97 Å². The maximum absolute atomic E-state index is 12.4. The fourth-order valence-electron chi connectivity index (χ4n) is 2.88. The van der Waals surface area contributed by atoms with Crippen LogP contribution in [-0.2, 0) is 10.3 Å². The summed E-state index contributed by atoms with van der Waals surface area (Å²) in [4.78, 5) is 8.52. The van der Waals surface area contributed by atoms with E-state index >= 15 is 0 Å². The minimum absolute atomic E-state index is 0.104. The highest BCUT2D eigenvalue weighted by atomic mass is 35.5. The molecule has 1 fully saturated rings. The fraction of sp³-hybridized carbons (Fsp3) is 0.333. The molecule has 0 radical (unpaired) electrons. The second kappa shape index (κ2) is 8.39. The minimum atomic E-state index is -2.63. The summed E-state index contributed by atoms with van der Waals surface area (Å²) >= 11 is 5.97. The van der Waals surface area contributed by atoms with E-state index in [1.807, 2.05) is 24.3 Å². The van der Waals surface area contributed by atoms with Crippen LogP contribution in [0.4, 0.5) is 14.7 Å². The Hall–Kier alpha value is -2.61. The molecular formula is C18H18ClF2N5O. The molecule has 1 N–H and O–H groups in total. The topological polar surface area (TPSA) is 71.8 Å². The average Bonchev–Trinajstić information content (AvgIpc) is 2.63. The number of ether oxygens (including phenoxy) is 1. The second-order valence-electron chi connectivity index (χ2n) is 6.11. The highest BCUT2D eigenvalue weighted by Crippen LogP contribution is 2.43. The molecule has 3 rings (SSSR count). The van der Waals surface area contributed by atoms with Crippen LogP contribution in [-0.4, -0.2) is 35.6 Å². The lowest BCUT2D eigenvalue weighted by Gasteiger charge is -2.43. The van der Waals surface area contributed by atoms with Gasteiger partial charge in [0.15, 0.2) is 6.61 Å². The second-order valence-corrected chi connectivity index (χ2v) is 6.55. The van der Waals surface area contributed by atoms with Gasteiger partial charge in [-0.15, -0.1) is 5.10 Å². The smallest absolute Gasteiger partial charge is 0.272 e. The van der Waals surface area contributed by atoms with Gasteiger partial charge in [-0.05, 0) is 37.0 Å². The Morgan fingerprint density at radius 3 is 2.44 bits per heavy atom. The predicted octanol–water partition coefficient (Wildman–Crippen LogP) is 4.27. The Kier molecular flexibility index (Phi) is 5.95. The zero-order chi connectivity index (χ0) is 19.3. The number of anilines is 1. The van der Waals surface area contributed by atoms with E-state index in [4.69, 9.17) is 16.3 Å². The number of benzene rings is 1. The van der Waals surface area contributed by atoms with Crippen LogP contribution in [0, 0.1) is 0 Å². The van der Waals surface area contributed by atoms with E-state index in [-0.39, 0.29) is 11.4 Å². The van der Waals surface area contributed by atoms with Crippen LogP contribution >= 0.6 is 11.6 Å². The monoisotopic (exact) mass is 393 g/mol. The molecule has 1 aliphatic carbocycles. The molecular weight excluding hydrogens is 376 g/mol. The van der Waals surface area contributed by atoms with Gasteiger partial charge in [0.25, 0.3) is 6.43 Å². The molecule has 142 valence electrons. The quantitative estimate of drug-likeness (QED) is 0.433. The van der Waals surface area contributed by atoms with Crippen LogP contribution in [0.2, 0.25) is 5.02 Å². The Bertz CT molecular complexity index is 808. The summed E-state index contributed by atoms with van der Waals surface area (Å²) in [5.41, 5.74) is 1.21. The fourth-order valence-corrected chi connectivity index (χ4v) is 3.00. The van der Waals surface area contributed by atoms with E-state index in [0.717, 1.165) is 24.8 Å². The van der Waals surface area contributed by atoms with Crippen molar-refractivity contribution in [3.05, 3.63) is 52.8 Å². The largest absolute Gasteiger partial charge is 0.470 e. The molecule has 2 aromatic rings. The lowest BCUT2D eigenvalue weighted by atomic mass is 9.72. The molecule has 0 saturated heterocycles. The maximum atomic E-state index is 12.4. The van der Waals surface area contributed by atoms with Gasteiger partial charge in [-0.1, -0.05) is 23.7 Å². The van der Waals surface area contributed by atoms with Crippen LogP contribution < -0.4 is 5.32 Å². The van der Waals surface area contributed by atoms with Crippen molar-refractivity contribution in [3.8, 4) is 0 Å². The molecule has 0 unspecified atom stereocenters. The first-order valence-corrected chi connectivity index (χ1v) is 8.71. The number of hydrogen-bond donors (Lipinski definition) is 1. The molecule has 1 aromatic carbocycles. The normalized spacial score (nSPS) is 15.9. The van der Waals surface area contributed by atoms with Crippen molar-refractivity contribution in [1.29, 1.82) is 0 Å². The highest BCUT2D eigenvalue weighted by molar-refractivity contribution is 6.30. The average molecular weight is 394 g/mol. The molecule has 1 aromatic heterocycles. The first-order valence-electron chi connectivity index (χ1n) is 8.34. The van der Waals surface area contributed by atoms with Gasteiger partial charge < -0.3 is 10.1 Å². The van der Waals surface area contributed by atoms with Gasteiger partial charge >= 0.3 is 0 Å². The molecule has 0 atom stereocenters. The van der Waals surface area contributed by atoms with Gasteiger partial charge in [0.05, 0.1) is 11.1 Å². The van der Waals surface area contributed by atoms with Crippen LogP contribution in [0.25, 0.3) is 0 Å². The van der Waals surface area contributed by atoms with Crippen molar-refractivity contribution in [2.24, 2.45) is 10.2 Å². The number of nitrogens with one attached hydrogen (secondary N) is 1. The number of hydrogen-bond acceptors (Lipinski definition) is 6. The van der Waals surface area contributed by atoms with E-state index in [2.05, 4.69) is 32.2 Å². The molecule has 0 bridgehead atoms. The summed E-state index contributed by atoms with van der Waals surface area (Å²) in [6.07, 6.45) is 3.25. The first kappa shape index (κ1) is 19.2. The number of nitrogens with zero attached hydrogens (tertiary/aromatic N) is 4. The number of alkyl halides is 2. The third-order valence-corrected chi connectivity index (χ3v) is 4.61. The van der Waals surface area contributed by atoms with E-state index in [1.165, 1.54) is 12.4 Å². The van der Waals surface area contributed by atoms with Gasteiger partial charge in [-0.25, -0.2) is 18.7 Å². The van der Waals surface area contributed by atoms with Crippen LogP contribution in [0.1, 0.15) is 30.4 Å². The predicted molar refractivity (Wildman–Crippen MR) is 101 cm³/mol. The molecule has 0 amide bonds. The zero-order valence-electron chi connectivity index (χ0n) is 14.4. The van der Waals surface area contributed by atoms with Crippen LogP contribution in [0.15, 0.2) is 46.9 Å². The van der Waals surface area contributed by atoms with E-state index in [9.17, 15) is 8.78 Å². The summed E-state index contributed by atoms with van der Waals surface area (Å²) in [5, 5.41) is 11.0. The van der Waals surface area contributed by atoms with Gasteiger partial charge in [-0.3, -0.25) is 0 Å². The minimum Gasteiger partial charge on any atom is -0.470 e. The molecule has 1 saturated carbocycles. The third-order valence-electron chi connectivity index (χ3n) is 4.36. The first-order chi connectivity index (χ1) is 13.0. The summed E-state index contributed by atoms with van der Waals surface area (Å²) < 4.78 is 29.7. The van der Waals surface area contributed by atoms with Crippen molar-refractivity contribution in [3.63, 3.8) is 0 Å². The lowest BCUT2D eigenvalue weighted by Crippen LogP contribution is -2.42. The standard InChI is InChI=1S/C18H18ClF2N5O/c1-22-26-16(27-11-15(20)21)12-9-23-17(24-10-12)25-18(7-2-8-18)13-3-5-14(19)6-4-13/h3-6,9-10,15H,1-2,7-8,11H2,(H,23,24,25)/b26-16-. The molecule has 1 aliphatic rings. The zero-order valence-corrected chi connectivity index (χ0v) is 15.2. The Morgan fingerprint density at radius 1 is 1.26 bits per heavy atom. The lowest BCUT2D eigenvalue weighted by molar-refractivity contribution is 0.0765. The molecule has 9 heteroatoms. The van der Waals surface area contributed by atoms with Crippen LogP contribution in [0.3, 0.4) is 0 Å². The summed E-state index contributed by atoms with van der Waals surface area (Å²) in [6.45, 7) is 2.41. The third kappa shape index (κ3) is 4.57. The van der Waals surface area contributed by atoms with Gasteiger partial charge in [0, 0.05) is 24.1 Å². The molecule has 1 heterocycles. The maximum Gasteiger partial charge on any atom is 0.272 e. The van der Waals surface area contributed by atoms with Crippen molar-refractivity contribution < 1.29 is 13.5 Å². The molecule has 0 spiro atoms. The van der Waals surface area contributed by atoms with Crippen molar-refractivity contribution in [2.45, 2.75) is 31.2 Å². The summed E-state index contributed by atoms with van der Waals surface area (Å²) in [5.74, 6) is 0.320. The van der Waals surface area contributed by atoms with Crippen molar-refractivity contribution >= 4 is 30.2 Å². The van der Waals surface area contributed by atoms with Gasteiger partial charge in [0.1, 0.15) is 0 Å². The summed E-state index contributed by atoms with van der Waals surface area (Å²) in [7, 11) is 0. The van der Waals surface area contributed by atoms with E-state index in [1.54, 1.807) is 0 Å².